The summed E-state index contributed by atoms with van der Waals surface area (Å²) in [5, 5.41) is 1.18. The molecule has 0 fully saturated rings. The summed E-state index contributed by atoms with van der Waals surface area (Å²) in [5.74, 6) is 0.0550. The Bertz CT molecular complexity index is 439. The number of halogens is 3. The maximum atomic E-state index is 12.5. The number of alkyl halides is 3. The van der Waals surface area contributed by atoms with E-state index >= 15 is 0 Å². The van der Waals surface area contributed by atoms with Gasteiger partial charge in [-0.15, -0.1) is 11.6 Å². The van der Waals surface area contributed by atoms with E-state index in [0.29, 0.717) is 18.9 Å². The molecule has 0 bridgehead atoms. The smallest absolute Gasteiger partial charge is 0.258 e. The van der Waals surface area contributed by atoms with E-state index in [2.05, 4.69) is 5.32 Å². The van der Waals surface area contributed by atoms with Gasteiger partial charge in [-0.1, -0.05) is 6.07 Å². The molecule has 1 aromatic rings. The summed E-state index contributed by atoms with van der Waals surface area (Å²) in [4.78, 5) is 11.6. The molecule has 0 radical (unpaired) electrons. The van der Waals surface area contributed by atoms with Crippen LogP contribution in [0.4, 0.5) is 8.78 Å². The first-order chi connectivity index (χ1) is 8.09. The number of hydrogen-bond acceptors (Lipinski definition) is 2. The Morgan fingerprint density at radius 3 is 2.88 bits per heavy atom. The lowest BCUT2D eigenvalue weighted by atomic mass is 10.1. The summed E-state index contributed by atoms with van der Waals surface area (Å²) >= 11 is 5.55. The standard InChI is InChI=1S/C11H10ClF2NO2/c12-9(10(13)14)6-1-2-8-7(5-6)11(16)15-3-4-17-8/h1-2,5,9-10H,3-4H2,(H,15,16). The molecule has 1 N–H and O–H groups in total. The maximum Gasteiger partial charge on any atom is 0.258 e. The first-order valence-corrected chi connectivity index (χ1v) is 5.50. The number of hydrogen-bond donors (Lipinski definition) is 1. The largest absolute Gasteiger partial charge is 0.491 e. The van der Waals surface area contributed by atoms with Crippen LogP contribution in [0.15, 0.2) is 18.2 Å². The molecule has 1 atom stereocenters. The van der Waals surface area contributed by atoms with Crippen molar-refractivity contribution in [2.24, 2.45) is 0 Å². The first-order valence-electron chi connectivity index (χ1n) is 5.07. The molecule has 1 heterocycles. The van der Waals surface area contributed by atoms with Crippen molar-refractivity contribution < 1.29 is 18.3 Å². The average molecular weight is 262 g/mol. The predicted octanol–water partition coefficient (Wildman–Crippen LogP) is 2.35. The fraction of sp³-hybridized carbons (Fsp3) is 0.364. The van der Waals surface area contributed by atoms with Gasteiger partial charge < -0.3 is 10.1 Å². The van der Waals surface area contributed by atoms with E-state index in [1.807, 2.05) is 0 Å². The van der Waals surface area contributed by atoms with E-state index in [4.69, 9.17) is 16.3 Å². The molecule has 3 nitrogen and oxygen atoms in total. The molecule has 92 valence electrons. The number of nitrogens with one attached hydrogen (secondary N) is 1. The van der Waals surface area contributed by atoms with Gasteiger partial charge >= 0.3 is 0 Å². The number of fused-ring (bicyclic) bond motifs is 1. The Morgan fingerprint density at radius 1 is 1.41 bits per heavy atom. The van der Waals surface area contributed by atoms with Crippen LogP contribution in [0, 0.1) is 0 Å². The summed E-state index contributed by atoms with van der Waals surface area (Å²) in [6.45, 7) is 0.749. The summed E-state index contributed by atoms with van der Waals surface area (Å²) in [5.41, 5.74) is 0.451. The number of rotatable bonds is 2. The zero-order valence-electron chi connectivity index (χ0n) is 8.75. The topological polar surface area (TPSA) is 38.3 Å². The fourth-order valence-electron chi connectivity index (χ4n) is 1.59. The number of carbonyl (C=O) groups is 1. The van der Waals surface area contributed by atoms with Gasteiger partial charge in [0.2, 0.25) is 0 Å². The predicted molar refractivity (Wildman–Crippen MR) is 58.9 cm³/mol. The molecule has 1 aliphatic heterocycles. The molecule has 1 unspecified atom stereocenters. The van der Waals surface area contributed by atoms with Gasteiger partial charge in [-0.05, 0) is 17.7 Å². The molecule has 1 aromatic carbocycles. The first kappa shape index (κ1) is 12.1. The average Bonchev–Trinajstić information content (AvgIpc) is 2.50. The van der Waals surface area contributed by atoms with Gasteiger partial charge in [-0.2, -0.15) is 0 Å². The van der Waals surface area contributed by atoms with Crippen LogP contribution >= 0.6 is 11.6 Å². The van der Waals surface area contributed by atoms with Crippen molar-refractivity contribution in [1.82, 2.24) is 5.32 Å². The molecule has 17 heavy (non-hydrogen) atoms. The number of amides is 1. The molecule has 0 spiro atoms. The van der Waals surface area contributed by atoms with Gasteiger partial charge in [0, 0.05) is 0 Å². The van der Waals surface area contributed by atoms with E-state index in [9.17, 15) is 13.6 Å². The third-order valence-electron chi connectivity index (χ3n) is 2.43. The van der Waals surface area contributed by atoms with E-state index < -0.39 is 11.8 Å². The minimum atomic E-state index is -2.68. The van der Waals surface area contributed by atoms with Gasteiger partial charge in [0.05, 0.1) is 12.1 Å². The van der Waals surface area contributed by atoms with Crippen molar-refractivity contribution in [2.75, 3.05) is 13.2 Å². The third-order valence-corrected chi connectivity index (χ3v) is 2.88. The second-order valence-electron chi connectivity index (χ2n) is 3.60. The summed E-state index contributed by atoms with van der Waals surface area (Å²) in [6.07, 6.45) is -2.68. The molecule has 0 saturated heterocycles. The van der Waals surface area contributed by atoms with Crippen LogP contribution in [0.3, 0.4) is 0 Å². The Morgan fingerprint density at radius 2 is 2.18 bits per heavy atom. The lowest BCUT2D eigenvalue weighted by Crippen LogP contribution is -2.24. The van der Waals surface area contributed by atoms with Crippen molar-refractivity contribution in [3.8, 4) is 5.75 Å². The molecule has 1 aliphatic rings. The van der Waals surface area contributed by atoms with E-state index in [-0.39, 0.29) is 17.0 Å². The van der Waals surface area contributed by atoms with Crippen LogP contribution in [-0.2, 0) is 0 Å². The number of ether oxygens (including phenoxy) is 1. The number of benzene rings is 1. The van der Waals surface area contributed by atoms with Gasteiger partial charge in [-0.25, -0.2) is 8.78 Å². The molecule has 2 rings (SSSR count). The van der Waals surface area contributed by atoms with E-state index in [1.54, 1.807) is 0 Å². The van der Waals surface area contributed by atoms with Crippen LogP contribution in [0.5, 0.6) is 5.75 Å². The molecule has 1 amide bonds. The van der Waals surface area contributed by atoms with Gasteiger partial charge in [0.15, 0.2) is 0 Å². The number of carbonyl (C=O) groups excluding carboxylic acids is 1. The molecular weight excluding hydrogens is 252 g/mol. The second kappa shape index (κ2) is 4.87. The monoisotopic (exact) mass is 261 g/mol. The molecule has 0 saturated carbocycles. The van der Waals surface area contributed by atoms with Crippen molar-refractivity contribution in [1.29, 1.82) is 0 Å². The van der Waals surface area contributed by atoms with Crippen LogP contribution in [0.1, 0.15) is 21.3 Å². The lowest BCUT2D eigenvalue weighted by Gasteiger charge is -2.11. The van der Waals surface area contributed by atoms with Crippen LogP contribution in [0.25, 0.3) is 0 Å². The lowest BCUT2D eigenvalue weighted by molar-refractivity contribution is 0.0956. The van der Waals surface area contributed by atoms with Gasteiger partial charge in [-0.3, -0.25) is 4.79 Å². The van der Waals surface area contributed by atoms with Crippen molar-refractivity contribution in [3.05, 3.63) is 29.3 Å². The highest BCUT2D eigenvalue weighted by atomic mass is 35.5. The van der Waals surface area contributed by atoms with Crippen molar-refractivity contribution in [3.63, 3.8) is 0 Å². The molecule has 6 heteroatoms. The van der Waals surface area contributed by atoms with Crippen LogP contribution < -0.4 is 10.1 Å². The normalized spacial score (nSPS) is 16.8. The van der Waals surface area contributed by atoms with Crippen LogP contribution in [0.2, 0.25) is 0 Å². The molecule has 0 aromatic heterocycles. The molecule has 0 aliphatic carbocycles. The highest BCUT2D eigenvalue weighted by molar-refractivity contribution is 6.21. The van der Waals surface area contributed by atoms with Crippen molar-refractivity contribution in [2.45, 2.75) is 11.8 Å². The second-order valence-corrected chi connectivity index (χ2v) is 4.07. The Balaban J connectivity index is 2.38. The zero-order valence-corrected chi connectivity index (χ0v) is 9.51. The van der Waals surface area contributed by atoms with Gasteiger partial charge in [0.1, 0.15) is 17.7 Å². The molecular formula is C11H10ClF2NO2. The highest BCUT2D eigenvalue weighted by Gasteiger charge is 2.23. The zero-order chi connectivity index (χ0) is 12.4. The minimum Gasteiger partial charge on any atom is -0.491 e. The van der Waals surface area contributed by atoms with Gasteiger partial charge in [0.25, 0.3) is 12.3 Å². The van der Waals surface area contributed by atoms with E-state index in [1.165, 1.54) is 18.2 Å². The SMILES string of the molecule is O=C1NCCOc2ccc(C(Cl)C(F)F)cc21. The Labute approximate surface area is 102 Å². The third kappa shape index (κ3) is 2.49. The maximum absolute atomic E-state index is 12.5. The minimum absolute atomic E-state index is 0.209. The quantitative estimate of drug-likeness (QED) is 0.830. The van der Waals surface area contributed by atoms with E-state index in [0.717, 1.165) is 0 Å². The van der Waals surface area contributed by atoms with Crippen LogP contribution in [-0.4, -0.2) is 25.5 Å². The van der Waals surface area contributed by atoms with Crippen molar-refractivity contribution >= 4 is 17.5 Å². The summed E-state index contributed by atoms with van der Waals surface area (Å²) in [7, 11) is 0. The Hall–Kier alpha value is -1.36. The Kier molecular flexibility index (Phi) is 3.47. The summed E-state index contributed by atoms with van der Waals surface area (Å²) in [6, 6.07) is 4.29. The highest BCUT2D eigenvalue weighted by Crippen LogP contribution is 2.31. The summed E-state index contributed by atoms with van der Waals surface area (Å²) < 4.78 is 30.2. The fourth-order valence-corrected chi connectivity index (χ4v) is 1.72.